The summed E-state index contributed by atoms with van der Waals surface area (Å²) in [5, 5.41) is 3.63. The Bertz CT molecular complexity index is 405. The van der Waals surface area contributed by atoms with Gasteiger partial charge >= 0.3 is 0 Å². The second-order valence-electron chi connectivity index (χ2n) is 6.21. The Balaban J connectivity index is 2.01. The van der Waals surface area contributed by atoms with Gasteiger partial charge in [-0.2, -0.15) is 0 Å². The Labute approximate surface area is 116 Å². The van der Waals surface area contributed by atoms with Crippen molar-refractivity contribution in [3.8, 4) is 0 Å². The largest absolute Gasteiger partial charge is 0.312 e. The van der Waals surface area contributed by atoms with E-state index in [0.29, 0.717) is 17.9 Å². The van der Waals surface area contributed by atoms with Gasteiger partial charge in [-0.1, -0.05) is 26.0 Å². The Kier molecular flexibility index (Phi) is 4.94. The van der Waals surface area contributed by atoms with E-state index >= 15 is 0 Å². The van der Waals surface area contributed by atoms with Gasteiger partial charge in [0.1, 0.15) is 5.82 Å². The molecule has 0 aliphatic carbocycles. The van der Waals surface area contributed by atoms with Gasteiger partial charge in [0.15, 0.2) is 0 Å². The minimum atomic E-state index is -0.127. The minimum absolute atomic E-state index is 0.127. The molecule has 1 saturated heterocycles. The monoisotopic (exact) mass is 264 g/mol. The van der Waals surface area contributed by atoms with E-state index in [9.17, 15) is 4.39 Å². The van der Waals surface area contributed by atoms with Gasteiger partial charge < -0.3 is 10.2 Å². The number of hydrogen-bond donors (Lipinski definition) is 1. The van der Waals surface area contributed by atoms with Crippen LogP contribution in [0.4, 0.5) is 4.39 Å². The predicted octanol–water partition coefficient (Wildman–Crippen LogP) is 2.86. The first-order valence-electron chi connectivity index (χ1n) is 7.22. The third-order valence-corrected chi connectivity index (χ3v) is 3.77. The first-order valence-corrected chi connectivity index (χ1v) is 7.22. The van der Waals surface area contributed by atoms with Crippen LogP contribution in [0.15, 0.2) is 24.3 Å². The Morgan fingerprint density at radius 1 is 1.37 bits per heavy atom. The molecular weight excluding hydrogens is 239 g/mol. The predicted molar refractivity (Wildman–Crippen MR) is 77.9 cm³/mol. The maximum Gasteiger partial charge on any atom is 0.123 e. The van der Waals surface area contributed by atoms with Crippen LogP contribution in [-0.2, 0) is 0 Å². The number of likely N-dealkylation sites (N-methyl/N-ethyl adjacent to an activating group) is 1. The first kappa shape index (κ1) is 14.5. The van der Waals surface area contributed by atoms with Gasteiger partial charge in [-0.05, 0) is 49.5 Å². The summed E-state index contributed by atoms with van der Waals surface area (Å²) >= 11 is 0. The van der Waals surface area contributed by atoms with Crippen molar-refractivity contribution in [2.24, 2.45) is 5.92 Å². The van der Waals surface area contributed by atoms with E-state index in [0.717, 1.165) is 31.6 Å². The van der Waals surface area contributed by atoms with E-state index in [4.69, 9.17) is 0 Å². The van der Waals surface area contributed by atoms with E-state index in [1.807, 2.05) is 12.1 Å². The van der Waals surface area contributed by atoms with Crippen LogP contribution in [0.2, 0.25) is 0 Å². The SMILES string of the molecule is CC(C)CNC1CC(c2cccc(F)c2)CN(C)C1. The third kappa shape index (κ3) is 4.29. The molecule has 2 nitrogen and oxygen atoms in total. The van der Waals surface area contributed by atoms with Crippen LogP contribution < -0.4 is 5.32 Å². The number of piperidine rings is 1. The maximum absolute atomic E-state index is 13.3. The van der Waals surface area contributed by atoms with Crippen LogP contribution in [0, 0.1) is 11.7 Å². The van der Waals surface area contributed by atoms with Crippen molar-refractivity contribution < 1.29 is 4.39 Å². The van der Waals surface area contributed by atoms with Crippen LogP contribution in [0.3, 0.4) is 0 Å². The van der Waals surface area contributed by atoms with Gasteiger partial charge in [0, 0.05) is 19.1 Å². The molecule has 0 spiro atoms. The molecule has 2 unspecified atom stereocenters. The third-order valence-electron chi connectivity index (χ3n) is 3.77. The number of nitrogens with one attached hydrogen (secondary N) is 1. The van der Waals surface area contributed by atoms with Gasteiger partial charge in [-0.15, -0.1) is 0 Å². The molecule has 1 aliphatic rings. The van der Waals surface area contributed by atoms with Crippen molar-refractivity contribution in [2.45, 2.75) is 32.2 Å². The zero-order valence-electron chi connectivity index (χ0n) is 12.2. The van der Waals surface area contributed by atoms with Crippen LogP contribution in [0.5, 0.6) is 0 Å². The van der Waals surface area contributed by atoms with Crippen molar-refractivity contribution >= 4 is 0 Å². The molecule has 1 heterocycles. The molecule has 1 aliphatic heterocycles. The summed E-state index contributed by atoms with van der Waals surface area (Å²) in [6.45, 7) is 7.60. The van der Waals surface area contributed by atoms with Gasteiger partial charge in [0.25, 0.3) is 0 Å². The second kappa shape index (κ2) is 6.49. The van der Waals surface area contributed by atoms with Gasteiger partial charge in [-0.3, -0.25) is 0 Å². The van der Waals surface area contributed by atoms with E-state index in [2.05, 4.69) is 31.1 Å². The number of hydrogen-bond acceptors (Lipinski definition) is 2. The van der Waals surface area contributed by atoms with Gasteiger partial charge in [0.2, 0.25) is 0 Å². The number of nitrogens with zero attached hydrogens (tertiary/aromatic N) is 1. The highest BCUT2D eigenvalue weighted by molar-refractivity contribution is 5.22. The van der Waals surface area contributed by atoms with Crippen LogP contribution in [-0.4, -0.2) is 37.6 Å². The van der Waals surface area contributed by atoms with Crippen molar-refractivity contribution in [3.05, 3.63) is 35.6 Å². The summed E-state index contributed by atoms with van der Waals surface area (Å²) in [6, 6.07) is 7.57. The standard InChI is InChI=1S/C16H25FN2/c1-12(2)9-18-16-8-14(10-19(3)11-16)13-5-4-6-15(17)7-13/h4-7,12,14,16,18H,8-11H2,1-3H3. The van der Waals surface area contributed by atoms with E-state index in [-0.39, 0.29) is 5.82 Å². The molecule has 0 amide bonds. The average Bonchev–Trinajstić information content (AvgIpc) is 2.36. The molecule has 0 saturated carbocycles. The minimum Gasteiger partial charge on any atom is -0.312 e. The normalized spacial score (nSPS) is 24.9. The highest BCUT2D eigenvalue weighted by Gasteiger charge is 2.26. The Hall–Kier alpha value is -0.930. The smallest absolute Gasteiger partial charge is 0.123 e. The second-order valence-corrected chi connectivity index (χ2v) is 6.21. The van der Waals surface area contributed by atoms with E-state index < -0.39 is 0 Å². The number of halogens is 1. The van der Waals surface area contributed by atoms with Crippen molar-refractivity contribution in [1.29, 1.82) is 0 Å². The zero-order chi connectivity index (χ0) is 13.8. The van der Waals surface area contributed by atoms with Gasteiger partial charge in [0.05, 0.1) is 0 Å². The molecular formula is C16H25FN2. The Morgan fingerprint density at radius 3 is 2.84 bits per heavy atom. The summed E-state index contributed by atoms with van der Waals surface area (Å²) in [6.07, 6.45) is 1.10. The summed E-state index contributed by atoms with van der Waals surface area (Å²) in [5.41, 5.74) is 1.13. The van der Waals surface area contributed by atoms with Crippen LogP contribution in [0.1, 0.15) is 31.7 Å². The van der Waals surface area contributed by atoms with Crippen molar-refractivity contribution in [2.75, 3.05) is 26.7 Å². The van der Waals surface area contributed by atoms with Gasteiger partial charge in [-0.25, -0.2) is 4.39 Å². The molecule has 106 valence electrons. The molecule has 1 N–H and O–H groups in total. The summed E-state index contributed by atoms with van der Waals surface area (Å²) in [4.78, 5) is 2.34. The molecule has 0 radical (unpaired) electrons. The molecule has 19 heavy (non-hydrogen) atoms. The molecule has 0 bridgehead atoms. The van der Waals surface area contributed by atoms with E-state index in [1.54, 1.807) is 6.07 Å². The zero-order valence-corrected chi connectivity index (χ0v) is 12.2. The lowest BCUT2D eigenvalue weighted by Crippen LogP contribution is -2.47. The lowest BCUT2D eigenvalue weighted by molar-refractivity contribution is 0.201. The molecule has 2 rings (SSSR count). The fourth-order valence-electron chi connectivity index (χ4n) is 2.87. The number of likely N-dealkylation sites (tertiary alicyclic amines) is 1. The van der Waals surface area contributed by atoms with Crippen LogP contribution in [0.25, 0.3) is 0 Å². The highest BCUT2D eigenvalue weighted by Crippen LogP contribution is 2.26. The molecule has 3 heteroatoms. The molecule has 1 fully saturated rings. The summed E-state index contributed by atoms with van der Waals surface area (Å²) < 4.78 is 13.3. The first-order chi connectivity index (χ1) is 9.04. The fourth-order valence-corrected chi connectivity index (χ4v) is 2.87. The maximum atomic E-state index is 13.3. The highest BCUT2D eigenvalue weighted by atomic mass is 19.1. The molecule has 1 aromatic carbocycles. The van der Waals surface area contributed by atoms with Crippen molar-refractivity contribution in [1.82, 2.24) is 10.2 Å². The average molecular weight is 264 g/mol. The van der Waals surface area contributed by atoms with Crippen molar-refractivity contribution in [3.63, 3.8) is 0 Å². The van der Waals surface area contributed by atoms with Crippen LogP contribution >= 0.6 is 0 Å². The number of rotatable bonds is 4. The molecule has 1 aromatic rings. The lowest BCUT2D eigenvalue weighted by atomic mass is 9.88. The van der Waals surface area contributed by atoms with E-state index in [1.165, 1.54) is 6.07 Å². The number of benzene rings is 1. The fraction of sp³-hybridized carbons (Fsp3) is 0.625. The Morgan fingerprint density at radius 2 is 2.16 bits per heavy atom. The summed E-state index contributed by atoms with van der Waals surface area (Å²) in [7, 11) is 2.15. The quantitative estimate of drug-likeness (QED) is 0.899. The topological polar surface area (TPSA) is 15.3 Å². The molecule has 0 aromatic heterocycles. The molecule has 2 atom stereocenters. The summed E-state index contributed by atoms with van der Waals surface area (Å²) in [5.74, 6) is 0.969. The lowest BCUT2D eigenvalue weighted by Gasteiger charge is -2.36.